The molecule has 0 aliphatic carbocycles. The maximum atomic E-state index is 9.60. The predicted molar refractivity (Wildman–Crippen MR) is 103 cm³/mol. The van der Waals surface area contributed by atoms with Gasteiger partial charge in [-0.05, 0) is 43.3 Å². The summed E-state index contributed by atoms with van der Waals surface area (Å²) in [7, 11) is 0. The van der Waals surface area contributed by atoms with Crippen molar-refractivity contribution in [3.8, 4) is 22.8 Å². The standard InChI is InChI=1S/C18H15N5OS2/c1-12-20-10-16(26-12)11-25-18-22-21-17(13-6-8-19-9-7-13)23(18)14-2-4-15(24)5-3-14/h2-10,24H,11H2,1H3. The lowest BCUT2D eigenvalue weighted by Gasteiger charge is -2.10. The minimum absolute atomic E-state index is 0.224. The fraction of sp³-hybridized carbons (Fsp3) is 0.111. The molecule has 1 N–H and O–H groups in total. The molecule has 4 rings (SSSR count). The molecule has 130 valence electrons. The monoisotopic (exact) mass is 381 g/mol. The zero-order chi connectivity index (χ0) is 17.9. The van der Waals surface area contributed by atoms with Crippen LogP contribution in [0.15, 0.2) is 60.1 Å². The van der Waals surface area contributed by atoms with E-state index in [-0.39, 0.29) is 5.75 Å². The number of aromatic hydroxyl groups is 1. The number of benzene rings is 1. The second-order valence-corrected chi connectivity index (χ2v) is 7.79. The lowest BCUT2D eigenvalue weighted by atomic mass is 10.2. The van der Waals surface area contributed by atoms with Gasteiger partial charge in [-0.15, -0.1) is 21.5 Å². The first kappa shape index (κ1) is 16.7. The molecule has 0 amide bonds. The molecule has 6 nitrogen and oxygen atoms in total. The van der Waals surface area contributed by atoms with Crippen LogP contribution in [-0.2, 0) is 5.75 Å². The zero-order valence-corrected chi connectivity index (χ0v) is 15.5. The van der Waals surface area contributed by atoms with Crippen LogP contribution in [0.1, 0.15) is 9.88 Å². The molecule has 0 unspecified atom stereocenters. The summed E-state index contributed by atoms with van der Waals surface area (Å²) in [4.78, 5) is 9.56. The largest absolute Gasteiger partial charge is 0.508 e. The summed E-state index contributed by atoms with van der Waals surface area (Å²) in [6, 6.07) is 10.8. The number of aryl methyl sites for hydroxylation is 1. The van der Waals surface area contributed by atoms with Gasteiger partial charge in [0.05, 0.1) is 5.01 Å². The number of aromatic nitrogens is 5. The highest BCUT2D eigenvalue weighted by Gasteiger charge is 2.16. The Morgan fingerprint density at radius 3 is 2.54 bits per heavy atom. The second-order valence-electron chi connectivity index (χ2n) is 5.53. The smallest absolute Gasteiger partial charge is 0.196 e. The van der Waals surface area contributed by atoms with Crippen molar-refractivity contribution in [3.63, 3.8) is 0 Å². The van der Waals surface area contributed by atoms with Crippen LogP contribution in [0, 0.1) is 6.92 Å². The summed E-state index contributed by atoms with van der Waals surface area (Å²) < 4.78 is 1.99. The Morgan fingerprint density at radius 1 is 1.08 bits per heavy atom. The van der Waals surface area contributed by atoms with Crippen LogP contribution in [0.3, 0.4) is 0 Å². The summed E-state index contributed by atoms with van der Waals surface area (Å²) in [5.74, 6) is 1.74. The van der Waals surface area contributed by atoms with Crippen molar-refractivity contribution in [1.29, 1.82) is 0 Å². The number of thiazole rings is 1. The van der Waals surface area contributed by atoms with Crippen LogP contribution in [0.25, 0.3) is 17.1 Å². The van der Waals surface area contributed by atoms with Gasteiger partial charge in [0.1, 0.15) is 5.75 Å². The molecule has 0 aliphatic rings. The highest BCUT2D eigenvalue weighted by Crippen LogP contribution is 2.31. The maximum absolute atomic E-state index is 9.60. The quantitative estimate of drug-likeness (QED) is 0.525. The normalized spacial score (nSPS) is 11.0. The minimum Gasteiger partial charge on any atom is -0.508 e. The van der Waals surface area contributed by atoms with E-state index in [1.54, 1.807) is 47.6 Å². The van der Waals surface area contributed by atoms with Crippen molar-refractivity contribution in [3.05, 3.63) is 64.9 Å². The van der Waals surface area contributed by atoms with Crippen LogP contribution in [-0.4, -0.2) is 29.8 Å². The number of phenols is 1. The van der Waals surface area contributed by atoms with Crippen LogP contribution in [0.2, 0.25) is 0 Å². The van der Waals surface area contributed by atoms with Crippen LogP contribution in [0.5, 0.6) is 5.75 Å². The molecule has 0 saturated heterocycles. The van der Waals surface area contributed by atoms with Crippen molar-refractivity contribution >= 4 is 23.1 Å². The molecule has 0 aliphatic heterocycles. The van der Waals surface area contributed by atoms with Crippen molar-refractivity contribution in [2.24, 2.45) is 0 Å². The van der Waals surface area contributed by atoms with Gasteiger partial charge < -0.3 is 5.11 Å². The van der Waals surface area contributed by atoms with Gasteiger partial charge >= 0.3 is 0 Å². The van der Waals surface area contributed by atoms with Gasteiger partial charge in [0.15, 0.2) is 11.0 Å². The van der Waals surface area contributed by atoms with Crippen LogP contribution >= 0.6 is 23.1 Å². The van der Waals surface area contributed by atoms with Gasteiger partial charge in [0, 0.05) is 40.5 Å². The first-order valence-corrected chi connectivity index (χ1v) is 9.70. The molecule has 26 heavy (non-hydrogen) atoms. The van der Waals surface area contributed by atoms with Crippen molar-refractivity contribution < 1.29 is 5.11 Å². The molecule has 0 bridgehead atoms. The van der Waals surface area contributed by atoms with Crippen molar-refractivity contribution in [1.82, 2.24) is 24.7 Å². The number of hydrogen-bond acceptors (Lipinski definition) is 7. The first-order chi connectivity index (χ1) is 12.7. The highest BCUT2D eigenvalue weighted by atomic mass is 32.2. The number of hydrogen-bond donors (Lipinski definition) is 1. The van der Waals surface area contributed by atoms with E-state index in [9.17, 15) is 5.11 Å². The Bertz CT molecular complexity index is 1010. The molecule has 3 heterocycles. The van der Waals surface area contributed by atoms with E-state index in [4.69, 9.17) is 0 Å². The third-order valence-electron chi connectivity index (χ3n) is 3.69. The molecule has 0 spiro atoms. The number of nitrogens with zero attached hydrogens (tertiary/aromatic N) is 5. The maximum Gasteiger partial charge on any atom is 0.196 e. The Hall–Kier alpha value is -2.71. The SMILES string of the molecule is Cc1ncc(CSc2nnc(-c3ccncc3)n2-c2ccc(O)cc2)s1. The Labute approximate surface area is 158 Å². The van der Waals surface area contributed by atoms with E-state index in [0.717, 1.165) is 33.0 Å². The third kappa shape index (κ3) is 3.47. The van der Waals surface area contributed by atoms with Gasteiger partial charge in [0.2, 0.25) is 0 Å². The van der Waals surface area contributed by atoms with Gasteiger partial charge in [-0.1, -0.05) is 11.8 Å². The van der Waals surface area contributed by atoms with E-state index in [1.165, 1.54) is 4.88 Å². The fourth-order valence-electron chi connectivity index (χ4n) is 2.49. The Balaban J connectivity index is 1.73. The van der Waals surface area contributed by atoms with Gasteiger partial charge in [-0.25, -0.2) is 4.98 Å². The van der Waals surface area contributed by atoms with E-state index in [1.807, 2.05) is 42.0 Å². The number of thioether (sulfide) groups is 1. The predicted octanol–water partition coefficient (Wildman–Crippen LogP) is 4.09. The van der Waals surface area contributed by atoms with Crippen molar-refractivity contribution in [2.75, 3.05) is 0 Å². The van der Waals surface area contributed by atoms with Gasteiger partial charge in [-0.2, -0.15) is 0 Å². The number of phenolic OH excluding ortho intramolecular Hbond substituents is 1. The number of pyridine rings is 1. The molecule has 0 saturated carbocycles. The highest BCUT2D eigenvalue weighted by molar-refractivity contribution is 7.98. The third-order valence-corrected chi connectivity index (χ3v) is 5.77. The zero-order valence-electron chi connectivity index (χ0n) is 13.9. The first-order valence-electron chi connectivity index (χ1n) is 7.90. The summed E-state index contributed by atoms with van der Waals surface area (Å²) >= 11 is 3.29. The molecule has 1 aromatic carbocycles. The Morgan fingerprint density at radius 2 is 1.85 bits per heavy atom. The summed E-state index contributed by atoms with van der Waals surface area (Å²) in [6.45, 7) is 2.00. The summed E-state index contributed by atoms with van der Waals surface area (Å²) in [5, 5.41) is 20.2. The van der Waals surface area contributed by atoms with E-state index >= 15 is 0 Å². The summed E-state index contributed by atoms with van der Waals surface area (Å²) in [6.07, 6.45) is 5.37. The molecule has 4 aromatic rings. The molecule has 3 aromatic heterocycles. The lowest BCUT2D eigenvalue weighted by Crippen LogP contribution is -1.99. The topological polar surface area (TPSA) is 76.7 Å². The summed E-state index contributed by atoms with van der Waals surface area (Å²) in [5.41, 5.74) is 1.82. The average Bonchev–Trinajstić information content (AvgIpc) is 3.27. The van der Waals surface area contributed by atoms with Crippen LogP contribution < -0.4 is 0 Å². The van der Waals surface area contributed by atoms with E-state index in [2.05, 4.69) is 20.2 Å². The molecule has 0 fully saturated rings. The van der Waals surface area contributed by atoms with Crippen molar-refractivity contribution in [2.45, 2.75) is 17.8 Å². The van der Waals surface area contributed by atoms with Gasteiger partial charge in [-0.3, -0.25) is 9.55 Å². The second kappa shape index (κ2) is 7.27. The minimum atomic E-state index is 0.224. The molecule has 8 heteroatoms. The van der Waals surface area contributed by atoms with E-state index in [0.29, 0.717) is 0 Å². The molecule has 0 atom stereocenters. The average molecular weight is 381 g/mol. The van der Waals surface area contributed by atoms with Gasteiger partial charge in [0.25, 0.3) is 0 Å². The Kier molecular flexibility index (Phi) is 4.68. The number of rotatable bonds is 5. The molecule has 0 radical (unpaired) electrons. The van der Waals surface area contributed by atoms with E-state index < -0.39 is 0 Å². The molecular weight excluding hydrogens is 366 g/mol. The lowest BCUT2D eigenvalue weighted by molar-refractivity contribution is 0.475. The van der Waals surface area contributed by atoms with Crippen LogP contribution in [0.4, 0.5) is 0 Å². The fourth-order valence-corrected chi connectivity index (χ4v) is 4.26. The molecular formula is C18H15N5OS2.